The number of methoxy groups -OCH3 is 2. The van der Waals surface area contributed by atoms with E-state index in [0.29, 0.717) is 23.6 Å². The maximum absolute atomic E-state index is 12.2. The molecule has 0 spiro atoms. The first-order valence-electron chi connectivity index (χ1n) is 6.58. The SMILES string of the molecule is COc1ccc(C(=O)/C=C2/NCC(C)NC2=O)cc1OC. The molecule has 1 atom stereocenters. The average molecular weight is 290 g/mol. The largest absolute Gasteiger partial charge is 0.493 e. The van der Waals surface area contributed by atoms with Crippen LogP contribution in [0.4, 0.5) is 0 Å². The number of rotatable bonds is 4. The van der Waals surface area contributed by atoms with Crippen LogP contribution in [-0.4, -0.2) is 38.5 Å². The molecule has 2 rings (SSSR count). The summed E-state index contributed by atoms with van der Waals surface area (Å²) >= 11 is 0. The Balaban J connectivity index is 2.22. The predicted molar refractivity (Wildman–Crippen MR) is 77.6 cm³/mol. The number of nitrogens with one attached hydrogen (secondary N) is 2. The van der Waals surface area contributed by atoms with Gasteiger partial charge in [-0.1, -0.05) is 0 Å². The lowest BCUT2D eigenvalue weighted by atomic mass is 10.1. The van der Waals surface area contributed by atoms with E-state index in [2.05, 4.69) is 10.6 Å². The monoisotopic (exact) mass is 290 g/mol. The van der Waals surface area contributed by atoms with Crippen molar-refractivity contribution in [1.82, 2.24) is 10.6 Å². The summed E-state index contributed by atoms with van der Waals surface area (Å²) in [4.78, 5) is 24.0. The van der Waals surface area contributed by atoms with Gasteiger partial charge in [-0.2, -0.15) is 0 Å². The third kappa shape index (κ3) is 3.34. The molecular formula is C15H18N2O4. The number of carbonyl (C=O) groups is 2. The van der Waals surface area contributed by atoms with Crippen LogP contribution >= 0.6 is 0 Å². The van der Waals surface area contributed by atoms with Crippen molar-refractivity contribution in [3.05, 3.63) is 35.5 Å². The highest BCUT2D eigenvalue weighted by Crippen LogP contribution is 2.27. The normalized spacial score (nSPS) is 19.7. The maximum Gasteiger partial charge on any atom is 0.267 e. The standard InChI is InChI=1S/C15H18N2O4/c1-9-8-16-11(15(19)17-9)7-12(18)10-4-5-13(20-2)14(6-10)21-3/h4-7,9,16H,8H2,1-3H3,(H,17,19)/b11-7+. The van der Waals surface area contributed by atoms with Crippen LogP contribution in [0, 0.1) is 0 Å². The van der Waals surface area contributed by atoms with Crippen molar-refractivity contribution in [3.63, 3.8) is 0 Å². The summed E-state index contributed by atoms with van der Waals surface area (Å²) < 4.78 is 10.3. The Bertz CT molecular complexity index is 595. The summed E-state index contributed by atoms with van der Waals surface area (Å²) in [6, 6.07) is 4.91. The molecule has 112 valence electrons. The summed E-state index contributed by atoms with van der Waals surface area (Å²) in [5, 5.41) is 5.70. The van der Waals surface area contributed by atoms with Gasteiger partial charge < -0.3 is 20.1 Å². The van der Waals surface area contributed by atoms with Crippen LogP contribution in [0.1, 0.15) is 17.3 Å². The van der Waals surface area contributed by atoms with E-state index < -0.39 is 0 Å². The molecule has 21 heavy (non-hydrogen) atoms. The second kappa shape index (κ2) is 6.30. The summed E-state index contributed by atoms with van der Waals surface area (Å²) in [5.41, 5.74) is 0.696. The molecule has 1 saturated heterocycles. The molecule has 6 nitrogen and oxygen atoms in total. The quantitative estimate of drug-likeness (QED) is 0.636. The first-order valence-corrected chi connectivity index (χ1v) is 6.58. The van der Waals surface area contributed by atoms with Gasteiger partial charge in [-0.25, -0.2) is 0 Å². The fourth-order valence-corrected chi connectivity index (χ4v) is 2.02. The third-order valence-electron chi connectivity index (χ3n) is 3.16. The molecule has 0 aromatic heterocycles. The van der Waals surface area contributed by atoms with Crippen molar-refractivity contribution >= 4 is 11.7 Å². The predicted octanol–water partition coefficient (Wildman–Crippen LogP) is 0.878. The van der Waals surface area contributed by atoms with Crippen LogP contribution in [0.2, 0.25) is 0 Å². The minimum absolute atomic E-state index is 0.0471. The molecular weight excluding hydrogens is 272 g/mol. The first kappa shape index (κ1) is 14.9. The number of ketones is 1. The first-order chi connectivity index (χ1) is 10.0. The Morgan fingerprint density at radius 2 is 2.00 bits per heavy atom. The number of carbonyl (C=O) groups excluding carboxylic acids is 2. The highest BCUT2D eigenvalue weighted by atomic mass is 16.5. The van der Waals surface area contributed by atoms with Gasteiger partial charge in [0.05, 0.1) is 14.2 Å². The molecule has 0 radical (unpaired) electrons. The Labute approximate surface area is 123 Å². The van der Waals surface area contributed by atoms with E-state index in [1.807, 2.05) is 6.92 Å². The highest BCUT2D eigenvalue weighted by Gasteiger charge is 2.20. The zero-order valence-electron chi connectivity index (χ0n) is 12.2. The lowest BCUT2D eigenvalue weighted by molar-refractivity contribution is -0.119. The molecule has 1 aromatic rings. The topological polar surface area (TPSA) is 76.7 Å². The van der Waals surface area contributed by atoms with Gasteiger partial charge >= 0.3 is 0 Å². The number of ether oxygens (including phenoxy) is 2. The van der Waals surface area contributed by atoms with Crippen LogP contribution in [0.3, 0.4) is 0 Å². The van der Waals surface area contributed by atoms with Gasteiger partial charge in [0, 0.05) is 24.2 Å². The van der Waals surface area contributed by atoms with E-state index in [-0.39, 0.29) is 23.4 Å². The van der Waals surface area contributed by atoms with Crippen LogP contribution in [-0.2, 0) is 4.79 Å². The van der Waals surface area contributed by atoms with Gasteiger partial charge in [0.2, 0.25) is 0 Å². The zero-order chi connectivity index (χ0) is 15.4. The molecule has 1 amide bonds. The Kier molecular flexibility index (Phi) is 4.47. The van der Waals surface area contributed by atoms with Crippen molar-refractivity contribution in [3.8, 4) is 11.5 Å². The van der Waals surface area contributed by atoms with Crippen molar-refractivity contribution < 1.29 is 19.1 Å². The second-order valence-electron chi connectivity index (χ2n) is 4.75. The Morgan fingerprint density at radius 1 is 1.29 bits per heavy atom. The Morgan fingerprint density at radius 3 is 2.62 bits per heavy atom. The van der Waals surface area contributed by atoms with Crippen LogP contribution < -0.4 is 20.1 Å². The molecule has 1 fully saturated rings. The van der Waals surface area contributed by atoms with E-state index in [1.165, 1.54) is 20.3 Å². The van der Waals surface area contributed by atoms with Crippen LogP contribution in [0.15, 0.2) is 30.0 Å². The molecule has 1 aromatic carbocycles. The van der Waals surface area contributed by atoms with Crippen LogP contribution in [0.25, 0.3) is 0 Å². The molecule has 6 heteroatoms. The van der Waals surface area contributed by atoms with Gasteiger partial charge in [0.15, 0.2) is 17.3 Å². The number of benzene rings is 1. The number of allylic oxidation sites excluding steroid dienone is 1. The molecule has 2 N–H and O–H groups in total. The molecule has 0 aliphatic carbocycles. The van der Waals surface area contributed by atoms with E-state index in [0.717, 1.165) is 0 Å². The van der Waals surface area contributed by atoms with E-state index in [1.54, 1.807) is 18.2 Å². The summed E-state index contributed by atoms with van der Waals surface area (Å²) in [7, 11) is 3.03. The van der Waals surface area contributed by atoms with Gasteiger partial charge in [-0.05, 0) is 25.1 Å². The molecule has 1 unspecified atom stereocenters. The van der Waals surface area contributed by atoms with Crippen molar-refractivity contribution in [2.24, 2.45) is 0 Å². The smallest absolute Gasteiger partial charge is 0.267 e. The number of hydrogen-bond donors (Lipinski definition) is 2. The number of piperazine rings is 1. The highest BCUT2D eigenvalue weighted by molar-refractivity contribution is 6.09. The van der Waals surface area contributed by atoms with Gasteiger partial charge in [-0.3, -0.25) is 9.59 Å². The van der Waals surface area contributed by atoms with Gasteiger partial charge in [0.25, 0.3) is 5.91 Å². The zero-order valence-corrected chi connectivity index (χ0v) is 12.2. The molecule has 1 aliphatic rings. The minimum atomic E-state index is -0.275. The second-order valence-corrected chi connectivity index (χ2v) is 4.75. The van der Waals surface area contributed by atoms with Gasteiger partial charge in [-0.15, -0.1) is 0 Å². The maximum atomic E-state index is 12.2. The minimum Gasteiger partial charge on any atom is -0.493 e. The Hall–Kier alpha value is -2.50. The molecule has 0 bridgehead atoms. The van der Waals surface area contributed by atoms with Crippen molar-refractivity contribution in [1.29, 1.82) is 0 Å². The van der Waals surface area contributed by atoms with Gasteiger partial charge in [0.1, 0.15) is 5.70 Å². The lowest BCUT2D eigenvalue weighted by Gasteiger charge is -2.23. The summed E-state index contributed by atoms with van der Waals surface area (Å²) in [5.74, 6) is 0.464. The van der Waals surface area contributed by atoms with Crippen molar-refractivity contribution in [2.45, 2.75) is 13.0 Å². The van der Waals surface area contributed by atoms with Crippen molar-refractivity contribution in [2.75, 3.05) is 20.8 Å². The fraction of sp³-hybridized carbons (Fsp3) is 0.333. The third-order valence-corrected chi connectivity index (χ3v) is 3.16. The van der Waals surface area contributed by atoms with E-state index in [9.17, 15) is 9.59 Å². The number of hydrogen-bond acceptors (Lipinski definition) is 5. The van der Waals surface area contributed by atoms with E-state index in [4.69, 9.17) is 9.47 Å². The molecule has 1 heterocycles. The number of amides is 1. The van der Waals surface area contributed by atoms with Crippen LogP contribution in [0.5, 0.6) is 11.5 Å². The fourth-order valence-electron chi connectivity index (χ4n) is 2.02. The average Bonchev–Trinajstić information content (AvgIpc) is 2.49. The summed E-state index contributed by atoms with van der Waals surface area (Å²) in [6.45, 7) is 2.48. The molecule has 0 saturated carbocycles. The van der Waals surface area contributed by atoms with E-state index >= 15 is 0 Å². The lowest BCUT2D eigenvalue weighted by Crippen LogP contribution is -2.49. The summed E-state index contributed by atoms with van der Waals surface area (Å²) in [6.07, 6.45) is 1.29. The molecule has 1 aliphatic heterocycles.